The van der Waals surface area contributed by atoms with Gasteiger partial charge < -0.3 is 16.4 Å². The molecule has 0 bridgehead atoms. The van der Waals surface area contributed by atoms with Crippen LogP contribution in [0.3, 0.4) is 0 Å². The summed E-state index contributed by atoms with van der Waals surface area (Å²) in [6.45, 7) is 7.85. The number of benzene rings is 2. The lowest BCUT2D eigenvalue weighted by atomic mass is 9.98. The van der Waals surface area contributed by atoms with E-state index in [0.29, 0.717) is 29.9 Å². The van der Waals surface area contributed by atoms with Gasteiger partial charge in [0.05, 0.1) is 5.71 Å². The summed E-state index contributed by atoms with van der Waals surface area (Å²) in [5.74, 6) is -0.318. The summed E-state index contributed by atoms with van der Waals surface area (Å²) in [4.78, 5) is 10.7. The van der Waals surface area contributed by atoms with Crippen molar-refractivity contribution in [3.8, 4) is 0 Å². The van der Waals surface area contributed by atoms with E-state index in [2.05, 4.69) is 32.1 Å². The van der Waals surface area contributed by atoms with E-state index in [-0.39, 0.29) is 23.9 Å². The molecule has 0 radical (unpaired) electrons. The summed E-state index contributed by atoms with van der Waals surface area (Å²) < 4.78 is 28.4. The number of hydrogen-bond acceptors (Lipinski definition) is 7. The highest BCUT2D eigenvalue weighted by molar-refractivity contribution is 6.14. The maximum absolute atomic E-state index is 14.2. The van der Waals surface area contributed by atoms with Crippen molar-refractivity contribution in [3.63, 3.8) is 0 Å². The molecule has 2 aromatic carbocycles. The molecule has 1 fully saturated rings. The topological polar surface area (TPSA) is 103 Å². The predicted molar refractivity (Wildman–Crippen MR) is 144 cm³/mol. The number of nitrogens with one attached hydrogen (secondary N) is 3. The van der Waals surface area contributed by atoms with Gasteiger partial charge in [0.2, 0.25) is 0 Å². The average molecular weight is 506 g/mol. The highest BCUT2D eigenvalue weighted by atomic mass is 19.1. The third-order valence-corrected chi connectivity index (χ3v) is 6.60. The SMILES string of the molecule is C=CNCc1cc(C(=N)c2cnc(CC)nc2)c(N)cc1NC1CCCN(Cc2c(F)cccc2F)C1. The zero-order valence-electron chi connectivity index (χ0n) is 21.0. The predicted octanol–water partition coefficient (Wildman–Crippen LogP) is 4.63. The zero-order chi connectivity index (χ0) is 26.4. The van der Waals surface area contributed by atoms with Crippen LogP contribution in [0.4, 0.5) is 20.2 Å². The van der Waals surface area contributed by atoms with E-state index in [1.54, 1.807) is 18.6 Å². The van der Waals surface area contributed by atoms with E-state index >= 15 is 0 Å². The highest BCUT2D eigenvalue weighted by Crippen LogP contribution is 2.28. The van der Waals surface area contributed by atoms with Crippen molar-refractivity contribution >= 4 is 17.1 Å². The van der Waals surface area contributed by atoms with Crippen LogP contribution in [0.5, 0.6) is 0 Å². The molecule has 9 heteroatoms. The first-order valence-corrected chi connectivity index (χ1v) is 12.5. The lowest BCUT2D eigenvalue weighted by molar-refractivity contribution is 0.203. The molecule has 5 N–H and O–H groups in total. The molecule has 1 atom stereocenters. The summed E-state index contributed by atoms with van der Waals surface area (Å²) >= 11 is 0. The number of halogens is 2. The number of aryl methyl sites for hydroxylation is 1. The number of rotatable bonds is 10. The number of likely N-dealkylation sites (tertiary alicyclic amines) is 1. The molecule has 0 aliphatic carbocycles. The van der Waals surface area contributed by atoms with Crippen molar-refractivity contribution in [2.24, 2.45) is 0 Å². The first-order valence-electron chi connectivity index (χ1n) is 12.5. The van der Waals surface area contributed by atoms with Gasteiger partial charge in [-0.3, -0.25) is 10.3 Å². The number of aromatic nitrogens is 2. The van der Waals surface area contributed by atoms with Crippen LogP contribution in [-0.2, 0) is 19.5 Å². The van der Waals surface area contributed by atoms with Crippen LogP contribution >= 0.6 is 0 Å². The number of nitrogen functional groups attached to an aromatic ring is 1. The standard InChI is InChI=1S/C28H33F2N7/c1-3-27-34-14-19(15-35-27)28(32)21-11-18(13-33-4-2)26(12-25(21)31)36-20-7-6-10-37(16-20)17-22-23(29)8-5-9-24(22)30/h4-5,8-9,11-12,14-15,20,32-33,36H,2-3,6-7,10,13,16-17,31H2,1H3. The van der Waals surface area contributed by atoms with Crippen LogP contribution in [0.15, 0.2) is 55.5 Å². The second kappa shape index (κ2) is 11.9. The first-order chi connectivity index (χ1) is 17.9. The van der Waals surface area contributed by atoms with E-state index in [1.165, 1.54) is 18.2 Å². The Bertz CT molecular complexity index is 1240. The Morgan fingerprint density at radius 3 is 2.65 bits per heavy atom. The number of hydrogen-bond donors (Lipinski definition) is 4. The molecule has 1 saturated heterocycles. The molecule has 0 spiro atoms. The number of piperidine rings is 1. The van der Waals surface area contributed by atoms with E-state index in [9.17, 15) is 8.78 Å². The Balaban J connectivity index is 1.54. The van der Waals surface area contributed by atoms with Crippen LogP contribution in [-0.4, -0.2) is 39.7 Å². The summed E-state index contributed by atoms with van der Waals surface area (Å²) in [7, 11) is 0. The van der Waals surface area contributed by atoms with Crippen molar-refractivity contribution in [2.45, 2.75) is 45.3 Å². The molecule has 1 aromatic heterocycles. The summed E-state index contributed by atoms with van der Waals surface area (Å²) in [6, 6.07) is 7.80. The second-order valence-electron chi connectivity index (χ2n) is 9.22. The van der Waals surface area contributed by atoms with Crippen LogP contribution in [0.25, 0.3) is 0 Å². The quantitative estimate of drug-likeness (QED) is 0.237. The maximum Gasteiger partial charge on any atom is 0.130 e. The minimum Gasteiger partial charge on any atom is -0.398 e. The van der Waals surface area contributed by atoms with Gasteiger partial charge in [-0.15, -0.1) is 0 Å². The number of nitrogens with zero attached hydrogens (tertiary/aromatic N) is 3. The molecule has 7 nitrogen and oxygen atoms in total. The summed E-state index contributed by atoms with van der Waals surface area (Å²) in [5.41, 5.74) is 10.2. The molecule has 1 aliphatic heterocycles. The lowest BCUT2D eigenvalue weighted by Gasteiger charge is -2.34. The molecule has 1 aliphatic rings. The minimum atomic E-state index is -0.520. The average Bonchev–Trinajstić information content (AvgIpc) is 2.90. The monoisotopic (exact) mass is 505 g/mol. The second-order valence-corrected chi connectivity index (χ2v) is 9.22. The fraction of sp³-hybridized carbons (Fsp3) is 0.321. The Hall–Kier alpha value is -3.85. The molecule has 4 rings (SSSR count). The molecule has 2 heterocycles. The van der Waals surface area contributed by atoms with Crippen LogP contribution in [0.1, 0.15) is 47.8 Å². The Morgan fingerprint density at radius 1 is 1.24 bits per heavy atom. The third-order valence-electron chi connectivity index (χ3n) is 6.60. The van der Waals surface area contributed by atoms with Gasteiger partial charge in [0.25, 0.3) is 0 Å². The van der Waals surface area contributed by atoms with Crippen LogP contribution in [0, 0.1) is 17.0 Å². The van der Waals surface area contributed by atoms with Crippen molar-refractivity contribution < 1.29 is 8.78 Å². The van der Waals surface area contributed by atoms with Gasteiger partial charge in [-0.25, -0.2) is 18.7 Å². The molecule has 0 saturated carbocycles. The minimum absolute atomic E-state index is 0.0748. The lowest BCUT2D eigenvalue weighted by Crippen LogP contribution is -2.42. The van der Waals surface area contributed by atoms with Crippen molar-refractivity contribution in [1.82, 2.24) is 20.2 Å². The first kappa shape index (κ1) is 26.2. The van der Waals surface area contributed by atoms with Gasteiger partial charge in [0.1, 0.15) is 17.5 Å². The highest BCUT2D eigenvalue weighted by Gasteiger charge is 2.23. The van der Waals surface area contributed by atoms with Gasteiger partial charge in [-0.1, -0.05) is 19.6 Å². The molecule has 194 valence electrons. The summed E-state index contributed by atoms with van der Waals surface area (Å²) in [6.07, 6.45) is 7.46. The molecule has 0 amide bonds. The molecular weight excluding hydrogens is 472 g/mol. The molecular formula is C28H33F2N7. The van der Waals surface area contributed by atoms with Gasteiger partial charge in [0.15, 0.2) is 0 Å². The van der Waals surface area contributed by atoms with E-state index in [4.69, 9.17) is 11.1 Å². The van der Waals surface area contributed by atoms with E-state index in [1.807, 2.05) is 19.1 Å². The fourth-order valence-corrected chi connectivity index (χ4v) is 4.61. The van der Waals surface area contributed by atoms with Crippen LogP contribution < -0.4 is 16.4 Å². The summed E-state index contributed by atoms with van der Waals surface area (Å²) in [5, 5.41) is 15.4. The fourth-order valence-electron chi connectivity index (χ4n) is 4.61. The van der Waals surface area contributed by atoms with Gasteiger partial charge in [-0.05, 0) is 55.4 Å². The van der Waals surface area contributed by atoms with Crippen molar-refractivity contribution in [3.05, 3.63) is 95.2 Å². The van der Waals surface area contributed by atoms with E-state index in [0.717, 1.165) is 42.9 Å². The Morgan fingerprint density at radius 2 is 1.97 bits per heavy atom. The van der Waals surface area contributed by atoms with Crippen LogP contribution in [0.2, 0.25) is 0 Å². The smallest absolute Gasteiger partial charge is 0.130 e. The van der Waals surface area contributed by atoms with Crippen molar-refractivity contribution in [1.29, 1.82) is 5.41 Å². The number of nitrogens with two attached hydrogens (primary N) is 1. The third kappa shape index (κ3) is 6.29. The normalized spacial score (nSPS) is 15.8. The number of anilines is 2. The Labute approximate surface area is 216 Å². The Kier molecular flexibility index (Phi) is 8.45. The van der Waals surface area contributed by atoms with Gasteiger partial charge in [-0.2, -0.15) is 0 Å². The zero-order valence-corrected chi connectivity index (χ0v) is 21.0. The largest absolute Gasteiger partial charge is 0.398 e. The maximum atomic E-state index is 14.2. The van der Waals surface area contributed by atoms with Crippen molar-refractivity contribution in [2.75, 3.05) is 24.1 Å². The van der Waals surface area contributed by atoms with Gasteiger partial charge in [0, 0.05) is 72.6 Å². The van der Waals surface area contributed by atoms with Gasteiger partial charge >= 0.3 is 0 Å². The molecule has 1 unspecified atom stereocenters. The molecule has 37 heavy (non-hydrogen) atoms. The molecule has 3 aromatic rings. The van der Waals surface area contributed by atoms with E-state index < -0.39 is 11.6 Å².